The highest BCUT2D eigenvalue weighted by molar-refractivity contribution is 9.10. The van der Waals surface area contributed by atoms with Crippen LogP contribution in [0.5, 0.6) is 0 Å². The molecule has 0 amide bonds. The van der Waals surface area contributed by atoms with Crippen LogP contribution in [-0.4, -0.2) is 47.8 Å². The Hall–Kier alpha value is -7.18. The van der Waals surface area contributed by atoms with Crippen molar-refractivity contribution in [2.24, 2.45) is 0 Å². The van der Waals surface area contributed by atoms with Crippen molar-refractivity contribution in [3.8, 4) is 0 Å². The summed E-state index contributed by atoms with van der Waals surface area (Å²) in [7, 11) is 2.13. The van der Waals surface area contributed by atoms with Crippen LogP contribution >= 0.6 is 15.9 Å². The lowest BCUT2D eigenvalue weighted by atomic mass is 9.91. The maximum Gasteiger partial charge on any atom is 0.262 e. The van der Waals surface area contributed by atoms with Gasteiger partial charge in [0.25, 0.3) is 16.7 Å². The molecule has 0 radical (unpaired) electrons. The minimum atomic E-state index is 0.00335. The fourth-order valence-corrected chi connectivity index (χ4v) is 11.2. The first-order chi connectivity index (χ1) is 36.4. The Bertz CT molecular complexity index is 3610. The van der Waals surface area contributed by atoms with Crippen molar-refractivity contribution in [1.82, 2.24) is 28.7 Å². The number of halogens is 1. The van der Waals surface area contributed by atoms with Gasteiger partial charge in [0.2, 0.25) is 0 Å². The van der Waals surface area contributed by atoms with E-state index < -0.39 is 0 Å². The predicted octanol–water partition coefficient (Wildman–Crippen LogP) is 13.8. The third-order valence-electron chi connectivity index (χ3n) is 15.3. The fraction of sp³-hybridized carbons (Fsp3) is 0.333. The van der Waals surface area contributed by atoms with Gasteiger partial charge >= 0.3 is 0 Å². The van der Waals surface area contributed by atoms with Crippen molar-refractivity contribution in [2.75, 3.05) is 17.3 Å². The molecule has 2 aliphatic carbocycles. The lowest BCUT2D eigenvalue weighted by Crippen LogP contribution is -2.37. The van der Waals surface area contributed by atoms with Gasteiger partial charge in [0, 0.05) is 35.0 Å². The molecular weight excluding hydrogens is 997 g/mol. The van der Waals surface area contributed by atoms with E-state index in [1.165, 1.54) is 38.5 Å². The summed E-state index contributed by atoms with van der Waals surface area (Å²) in [5, 5.41) is 5.57. The number of aromatic nitrogens is 6. The largest absolute Gasteiger partial charge is 0.382 e. The van der Waals surface area contributed by atoms with Gasteiger partial charge < -0.3 is 10.2 Å². The van der Waals surface area contributed by atoms with E-state index >= 15 is 0 Å². The standard InChI is InChI=1S/C23H27N3O.C22H25N3O.C18H17BrN2O/c1-4-22(17-9-6-5-7-10-17)26-16(2)24-21-14-13-19(15-20(21)23(26)27)25(3)18-11-8-12-18;1-3-21(16-8-5-4-6-9-16)25-15(2)23-20-13-12-18(14-19(20)22(25)26)24-17-10-7-11-17;1-3-17(13-7-5-4-6-8-13)21-12(2)20-16-10-9-14(19)11-15(16)18(21)22/h5-7,9-10,13-15,18,22H,4,8,11-12H2,1-3H3;4-6,8-9,12-14,17,21,24H,3,7,10-11H2,1-2H3;4-11,17H,3H2,1-2H3/t22-;21-;17-/m111/s1. The Balaban J connectivity index is 0.000000139. The van der Waals surface area contributed by atoms with Crippen LogP contribution in [0.4, 0.5) is 11.4 Å². The molecule has 11 rings (SSSR count). The fourth-order valence-electron chi connectivity index (χ4n) is 10.8. The number of rotatable bonds is 13. The third kappa shape index (κ3) is 11.3. The number of fused-ring (bicyclic) bond motifs is 3. The summed E-state index contributed by atoms with van der Waals surface area (Å²) in [6.07, 6.45) is 10.00. The summed E-state index contributed by atoms with van der Waals surface area (Å²) in [4.78, 5) is 56.2. The quantitative estimate of drug-likeness (QED) is 0.121. The molecule has 0 spiro atoms. The van der Waals surface area contributed by atoms with E-state index in [-0.39, 0.29) is 34.8 Å². The van der Waals surface area contributed by atoms with Gasteiger partial charge in [0.1, 0.15) is 17.5 Å². The van der Waals surface area contributed by atoms with E-state index in [0.29, 0.717) is 28.2 Å². The zero-order valence-corrected chi connectivity index (χ0v) is 45.9. The van der Waals surface area contributed by atoms with Crippen LogP contribution in [-0.2, 0) is 0 Å². The Morgan fingerprint density at radius 1 is 0.520 bits per heavy atom. The van der Waals surface area contributed by atoms with E-state index in [2.05, 4.69) is 101 Å². The van der Waals surface area contributed by atoms with E-state index in [1.807, 2.05) is 138 Å². The zero-order valence-electron chi connectivity index (χ0n) is 44.3. The van der Waals surface area contributed by atoms with Crippen molar-refractivity contribution in [1.29, 1.82) is 0 Å². The average Bonchev–Trinajstić information content (AvgIpc) is 3.40. The second kappa shape index (κ2) is 23.6. The number of nitrogens with one attached hydrogen (secondary N) is 1. The molecule has 3 aromatic heterocycles. The number of hydrogen-bond acceptors (Lipinski definition) is 8. The first kappa shape index (κ1) is 52.7. The molecule has 0 bridgehead atoms. The SMILES string of the molecule is CC[C@H](c1ccccc1)n1c(C)nc2ccc(Br)cc2c1=O.CC[C@H](c1ccccc1)n1c(C)nc2ccc(N(C)C3CCC3)cc2c1=O.CC[C@H](c1ccccc1)n1c(C)nc2ccc(NC3CCC3)cc2c1=O. The molecule has 2 saturated carbocycles. The second-order valence-corrected chi connectivity index (χ2v) is 21.0. The summed E-state index contributed by atoms with van der Waals surface area (Å²) in [5.74, 6) is 2.27. The monoisotopic (exact) mass is 1060 g/mol. The Morgan fingerprint density at radius 2 is 0.907 bits per heavy atom. The summed E-state index contributed by atoms with van der Waals surface area (Å²) < 4.78 is 6.42. The maximum atomic E-state index is 13.5. The zero-order chi connectivity index (χ0) is 52.8. The summed E-state index contributed by atoms with van der Waals surface area (Å²) in [6.45, 7) is 12.1. The van der Waals surface area contributed by atoms with Crippen LogP contribution in [0.2, 0.25) is 0 Å². The number of hydrogen-bond donors (Lipinski definition) is 1. The predicted molar refractivity (Wildman–Crippen MR) is 312 cm³/mol. The first-order valence-corrected chi connectivity index (χ1v) is 27.6. The molecule has 75 heavy (non-hydrogen) atoms. The molecule has 9 aromatic rings. The van der Waals surface area contributed by atoms with Gasteiger partial charge in [-0.25, -0.2) is 15.0 Å². The van der Waals surface area contributed by atoms with E-state index in [9.17, 15) is 14.4 Å². The summed E-state index contributed by atoms with van der Waals surface area (Å²) in [6, 6.07) is 49.4. The Kier molecular flexibility index (Phi) is 16.6. The number of benzene rings is 6. The van der Waals surface area contributed by atoms with Gasteiger partial charge in [-0.3, -0.25) is 28.1 Å². The highest BCUT2D eigenvalue weighted by Crippen LogP contribution is 2.31. The van der Waals surface area contributed by atoms with Crippen molar-refractivity contribution in [2.45, 2.75) is 130 Å². The molecule has 386 valence electrons. The molecule has 6 aromatic carbocycles. The molecule has 11 nitrogen and oxygen atoms in total. The van der Waals surface area contributed by atoms with Crippen LogP contribution < -0.4 is 26.9 Å². The molecule has 2 aliphatic rings. The van der Waals surface area contributed by atoms with Gasteiger partial charge in [-0.05, 0) is 150 Å². The molecule has 0 aliphatic heterocycles. The lowest BCUT2D eigenvalue weighted by molar-refractivity contribution is 0.401. The topological polar surface area (TPSA) is 120 Å². The minimum Gasteiger partial charge on any atom is -0.382 e. The molecular formula is C63H69BrN8O3. The average molecular weight is 1070 g/mol. The second-order valence-electron chi connectivity index (χ2n) is 20.1. The first-order valence-electron chi connectivity index (χ1n) is 26.8. The van der Waals surface area contributed by atoms with E-state index in [4.69, 9.17) is 9.97 Å². The molecule has 12 heteroatoms. The lowest BCUT2D eigenvalue weighted by Gasteiger charge is -2.36. The normalized spacial score (nSPS) is 14.7. The Morgan fingerprint density at radius 3 is 1.29 bits per heavy atom. The van der Waals surface area contributed by atoms with Crippen LogP contribution in [0.3, 0.4) is 0 Å². The van der Waals surface area contributed by atoms with Crippen LogP contribution in [0.25, 0.3) is 32.7 Å². The molecule has 0 unspecified atom stereocenters. The van der Waals surface area contributed by atoms with Crippen molar-refractivity contribution < 1.29 is 0 Å². The minimum absolute atomic E-state index is 0.00335. The van der Waals surface area contributed by atoms with Gasteiger partial charge in [-0.1, -0.05) is 128 Å². The molecule has 1 N–H and O–H groups in total. The summed E-state index contributed by atoms with van der Waals surface area (Å²) >= 11 is 3.43. The molecule has 2 fully saturated rings. The summed E-state index contributed by atoms with van der Waals surface area (Å²) in [5.41, 5.74) is 7.94. The van der Waals surface area contributed by atoms with Crippen molar-refractivity contribution in [3.05, 3.63) is 215 Å². The van der Waals surface area contributed by atoms with Crippen LogP contribution in [0, 0.1) is 20.8 Å². The van der Waals surface area contributed by atoms with Crippen LogP contribution in [0.1, 0.15) is 131 Å². The van der Waals surface area contributed by atoms with Gasteiger partial charge in [-0.2, -0.15) is 0 Å². The molecule has 3 atom stereocenters. The van der Waals surface area contributed by atoms with Gasteiger partial charge in [0.05, 0.1) is 50.8 Å². The van der Waals surface area contributed by atoms with Gasteiger partial charge in [-0.15, -0.1) is 0 Å². The van der Waals surface area contributed by atoms with Gasteiger partial charge in [0.15, 0.2) is 0 Å². The van der Waals surface area contributed by atoms with Crippen molar-refractivity contribution in [3.63, 3.8) is 0 Å². The van der Waals surface area contributed by atoms with E-state index in [0.717, 1.165) is 85.8 Å². The maximum absolute atomic E-state index is 13.5. The van der Waals surface area contributed by atoms with Crippen LogP contribution in [0.15, 0.2) is 164 Å². The van der Waals surface area contributed by atoms with E-state index in [1.54, 1.807) is 0 Å². The highest BCUT2D eigenvalue weighted by Gasteiger charge is 2.25. The molecule has 0 saturated heterocycles. The number of anilines is 2. The third-order valence-corrected chi connectivity index (χ3v) is 15.8. The van der Waals surface area contributed by atoms with Crippen molar-refractivity contribution >= 4 is 60.0 Å². The number of nitrogens with zero attached hydrogens (tertiary/aromatic N) is 7. The number of aryl methyl sites for hydroxylation is 3. The molecule has 3 heterocycles. The highest BCUT2D eigenvalue weighted by atomic mass is 79.9. The smallest absolute Gasteiger partial charge is 0.262 e. The Labute approximate surface area is 448 Å².